The molecule has 0 N–H and O–H groups in total. The summed E-state index contributed by atoms with van der Waals surface area (Å²) in [6.45, 7) is 8.42. The summed E-state index contributed by atoms with van der Waals surface area (Å²) in [6.07, 6.45) is 21.7. The molecule has 0 aromatic carbocycles. The average Bonchev–Trinajstić information content (AvgIpc) is 2.59. The van der Waals surface area contributed by atoms with Crippen molar-refractivity contribution < 1.29 is 9.05 Å². The van der Waals surface area contributed by atoms with Crippen LogP contribution in [0.4, 0.5) is 0 Å². The normalized spacial score (nSPS) is 11.5. The van der Waals surface area contributed by atoms with Gasteiger partial charge < -0.3 is 9.05 Å². The standard InChI is InChI=1S/C21H45O2P/c1-4-6-8-10-12-14-16-18-20-22-24(3)23-21-19-17-15-13-11-9-7-5-2/h4-21H2,1-3H3. The second-order valence-corrected chi connectivity index (χ2v) is 8.45. The third kappa shape index (κ3) is 20.4. The second-order valence-electron chi connectivity index (χ2n) is 7.06. The molecule has 0 rings (SSSR count). The van der Waals surface area contributed by atoms with Crippen molar-refractivity contribution in [3.05, 3.63) is 0 Å². The van der Waals surface area contributed by atoms with Crippen molar-refractivity contribution in [3.63, 3.8) is 0 Å². The molecule has 0 amide bonds. The Kier molecular flexibility index (Phi) is 21.7. The molecule has 0 spiro atoms. The summed E-state index contributed by atoms with van der Waals surface area (Å²) in [7, 11) is -0.646. The van der Waals surface area contributed by atoms with Crippen molar-refractivity contribution in [1.29, 1.82) is 0 Å². The van der Waals surface area contributed by atoms with E-state index in [2.05, 4.69) is 20.5 Å². The Hall–Kier alpha value is 0.350. The summed E-state index contributed by atoms with van der Waals surface area (Å²) in [5, 5.41) is 0. The van der Waals surface area contributed by atoms with Gasteiger partial charge in [0.2, 0.25) is 0 Å². The van der Waals surface area contributed by atoms with E-state index in [9.17, 15) is 0 Å². The molecule has 0 saturated carbocycles. The van der Waals surface area contributed by atoms with Crippen LogP contribution in [0.15, 0.2) is 0 Å². The lowest BCUT2D eigenvalue weighted by molar-refractivity contribution is 0.243. The van der Waals surface area contributed by atoms with Gasteiger partial charge in [0.25, 0.3) is 0 Å². The molecule has 0 aliphatic carbocycles. The van der Waals surface area contributed by atoms with E-state index in [1.165, 1.54) is 103 Å². The molecule has 24 heavy (non-hydrogen) atoms. The first-order chi connectivity index (χ1) is 11.8. The van der Waals surface area contributed by atoms with Crippen LogP contribution >= 0.6 is 8.38 Å². The van der Waals surface area contributed by atoms with E-state index in [0.29, 0.717) is 0 Å². The maximum absolute atomic E-state index is 5.80. The Balaban J connectivity index is 3.12. The van der Waals surface area contributed by atoms with Crippen LogP contribution in [0.3, 0.4) is 0 Å². The molecule has 0 heterocycles. The molecule has 2 nitrogen and oxygen atoms in total. The van der Waals surface area contributed by atoms with E-state index in [0.717, 1.165) is 13.2 Å². The molecule has 0 radical (unpaired) electrons. The minimum absolute atomic E-state index is 0.646. The van der Waals surface area contributed by atoms with Crippen molar-refractivity contribution in [1.82, 2.24) is 0 Å². The summed E-state index contributed by atoms with van der Waals surface area (Å²) in [5.74, 6) is 0. The molecule has 0 fully saturated rings. The van der Waals surface area contributed by atoms with Crippen molar-refractivity contribution in [2.45, 2.75) is 117 Å². The number of hydrogen-bond acceptors (Lipinski definition) is 2. The molecule has 3 heteroatoms. The fourth-order valence-corrected chi connectivity index (χ4v) is 3.74. The van der Waals surface area contributed by atoms with Crippen LogP contribution in [0, 0.1) is 0 Å². The Morgan fingerprint density at radius 1 is 0.458 bits per heavy atom. The van der Waals surface area contributed by atoms with Gasteiger partial charge in [0.1, 0.15) is 0 Å². The average molecular weight is 361 g/mol. The maximum Gasteiger partial charge on any atom is 0.167 e. The first kappa shape index (κ1) is 24.4. The van der Waals surface area contributed by atoms with Gasteiger partial charge in [-0.15, -0.1) is 0 Å². The zero-order chi connectivity index (χ0) is 17.7. The molecule has 0 atom stereocenters. The topological polar surface area (TPSA) is 18.5 Å². The van der Waals surface area contributed by atoms with Gasteiger partial charge in [-0.1, -0.05) is 104 Å². The van der Waals surface area contributed by atoms with Crippen LogP contribution in [0.2, 0.25) is 0 Å². The molecule has 0 aliphatic heterocycles. The highest BCUT2D eigenvalue weighted by molar-refractivity contribution is 7.46. The highest BCUT2D eigenvalue weighted by Crippen LogP contribution is 2.33. The van der Waals surface area contributed by atoms with Crippen LogP contribution in [0.5, 0.6) is 0 Å². The van der Waals surface area contributed by atoms with Crippen molar-refractivity contribution in [3.8, 4) is 0 Å². The molecule has 0 unspecified atom stereocenters. The number of rotatable bonds is 20. The van der Waals surface area contributed by atoms with E-state index >= 15 is 0 Å². The molecular weight excluding hydrogens is 315 g/mol. The smallest absolute Gasteiger partial charge is 0.167 e. The van der Waals surface area contributed by atoms with Crippen molar-refractivity contribution in [2.75, 3.05) is 19.9 Å². The molecule has 0 bridgehead atoms. The van der Waals surface area contributed by atoms with Crippen molar-refractivity contribution >= 4 is 8.38 Å². The maximum atomic E-state index is 5.80. The van der Waals surface area contributed by atoms with Crippen LogP contribution in [-0.2, 0) is 9.05 Å². The minimum Gasteiger partial charge on any atom is -0.334 e. The lowest BCUT2D eigenvalue weighted by atomic mass is 10.1. The molecule has 146 valence electrons. The minimum atomic E-state index is -0.646. The van der Waals surface area contributed by atoms with Gasteiger partial charge in [-0.3, -0.25) is 0 Å². The van der Waals surface area contributed by atoms with Crippen LogP contribution in [0.25, 0.3) is 0 Å². The monoisotopic (exact) mass is 360 g/mol. The van der Waals surface area contributed by atoms with E-state index in [-0.39, 0.29) is 0 Å². The largest absolute Gasteiger partial charge is 0.334 e. The lowest BCUT2D eigenvalue weighted by Crippen LogP contribution is -1.95. The summed E-state index contributed by atoms with van der Waals surface area (Å²) in [5.41, 5.74) is 0. The molecule has 0 aliphatic rings. The Morgan fingerprint density at radius 3 is 1.08 bits per heavy atom. The Labute approximate surface area is 154 Å². The van der Waals surface area contributed by atoms with Gasteiger partial charge in [0.15, 0.2) is 8.38 Å². The van der Waals surface area contributed by atoms with E-state index in [1.54, 1.807) is 0 Å². The summed E-state index contributed by atoms with van der Waals surface area (Å²) >= 11 is 0. The molecule has 0 aromatic heterocycles. The number of hydrogen-bond donors (Lipinski definition) is 0. The first-order valence-electron chi connectivity index (χ1n) is 10.8. The quantitative estimate of drug-likeness (QED) is 0.161. The van der Waals surface area contributed by atoms with E-state index in [4.69, 9.17) is 9.05 Å². The highest BCUT2D eigenvalue weighted by atomic mass is 31.2. The van der Waals surface area contributed by atoms with Gasteiger partial charge in [0.05, 0.1) is 13.2 Å². The van der Waals surface area contributed by atoms with Crippen LogP contribution in [-0.4, -0.2) is 19.9 Å². The Morgan fingerprint density at radius 2 is 0.750 bits per heavy atom. The zero-order valence-electron chi connectivity index (χ0n) is 17.0. The number of unbranched alkanes of at least 4 members (excludes halogenated alkanes) is 14. The SMILES string of the molecule is CCCCCCCCCCOP(C)OCCCCCCCCCC. The van der Waals surface area contributed by atoms with Crippen LogP contribution < -0.4 is 0 Å². The summed E-state index contributed by atoms with van der Waals surface area (Å²) in [6, 6.07) is 0. The predicted molar refractivity (Wildman–Crippen MR) is 110 cm³/mol. The van der Waals surface area contributed by atoms with Gasteiger partial charge in [0, 0.05) is 6.66 Å². The van der Waals surface area contributed by atoms with E-state index < -0.39 is 8.38 Å². The lowest BCUT2D eigenvalue weighted by Gasteiger charge is -2.13. The molecular formula is C21H45O2P. The zero-order valence-corrected chi connectivity index (χ0v) is 17.9. The fraction of sp³-hybridized carbons (Fsp3) is 1.00. The third-order valence-electron chi connectivity index (χ3n) is 4.54. The summed E-state index contributed by atoms with van der Waals surface area (Å²) in [4.78, 5) is 0. The predicted octanol–water partition coefficient (Wildman–Crippen LogP) is 8.24. The van der Waals surface area contributed by atoms with Gasteiger partial charge in [-0.05, 0) is 12.8 Å². The first-order valence-corrected chi connectivity index (χ1v) is 12.4. The third-order valence-corrected chi connectivity index (χ3v) is 5.63. The van der Waals surface area contributed by atoms with Crippen LogP contribution in [0.1, 0.15) is 117 Å². The fourth-order valence-electron chi connectivity index (χ4n) is 2.90. The molecule has 0 saturated heterocycles. The van der Waals surface area contributed by atoms with E-state index in [1.807, 2.05) is 0 Å². The van der Waals surface area contributed by atoms with Crippen molar-refractivity contribution in [2.24, 2.45) is 0 Å². The second kappa shape index (κ2) is 21.4. The highest BCUT2D eigenvalue weighted by Gasteiger charge is 2.02. The van der Waals surface area contributed by atoms with Gasteiger partial charge in [-0.2, -0.15) is 0 Å². The Bertz CT molecular complexity index is 202. The van der Waals surface area contributed by atoms with Gasteiger partial charge >= 0.3 is 0 Å². The molecule has 0 aromatic rings. The summed E-state index contributed by atoms with van der Waals surface area (Å²) < 4.78 is 11.6. The van der Waals surface area contributed by atoms with Gasteiger partial charge in [-0.25, -0.2) is 0 Å².